The fourth-order valence-corrected chi connectivity index (χ4v) is 0.799. The molecule has 0 aliphatic rings. The molecule has 10 heteroatoms. The van der Waals surface area contributed by atoms with Gasteiger partial charge in [-0.1, -0.05) is 0 Å². The predicted octanol–water partition coefficient (Wildman–Crippen LogP) is 2.12. The second kappa shape index (κ2) is 4.32. The standard InChI is InChI=1S/C6H6F8O2/c1-16-3(5(9,10)11)2(15)4(7,8)6(12,13)14/h2-3,15H,1H3. The molecule has 0 radical (unpaired) electrons. The lowest BCUT2D eigenvalue weighted by molar-refractivity contribution is -0.346. The van der Waals surface area contributed by atoms with Crippen LogP contribution in [0.15, 0.2) is 0 Å². The molecule has 0 aromatic heterocycles. The normalized spacial score (nSPS) is 18.4. The van der Waals surface area contributed by atoms with Gasteiger partial charge in [0.1, 0.15) is 0 Å². The highest BCUT2D eigenvalue weighted by Gasteiger charge is 2.67. The van der Waals surface area contributed by atoms with Crippen molar-refractivity contribution < 1.29 is 45.0 Å². The van der Waals surface area contributed by atoms with E-state index in [1.54, 1.807) is 0 Å². The van der Waals surface area contributed by atoms with E-state index in [-0.39, 0.29) is 7.11 Å². The topological polar surface area (TPSA) is 29.5 Å². The minimum atomic E-state index is -6.30. The Kier molecular flexibility index (Phi) is 4.15. The van der Waals surface area contributed by atoms with Crippen molar-refractivity contribution in [2.75, 3.05) is 7.11 Å². The molecule has 0 rings (SSSR count). The monoisotopic (exact) mass is 262 g/mol. The number of hydrogen-bond acceptors (Lipinski definition) is 2. The molecule has 0 spiro atoms. The Bertz CT molecular complexity index is 232. The number of alkyl halides is 8. The van der Waals surface area contributed by atoms with Crippen LogP contribution in [0.25, 0.3) is 0 Å². The van der Waals surface area contributed by atoms with Gasteiger partial charge in [-0.3, -0.25) is 0 Å². The SMILES string of the molecule is COC(C(O)C(F)(F)C(F)(F)F)C(F)(F)F. The van der Waals surface area contributed by atoms with E-state index in [0.29, 0.717) is 0 Å². The van der Waals surface area contributed by atoms with Gasteiger partial charge in [0.25, 0.3) is 0 Å². The van der Waals surface area contributed by atoms with Crippen LogP contribution in [0.5, 0.6) is 0 Å². The van der Waals surface area contributed by atoms with Crippen molar-refractivity contribution in [3.05, 3.63) is 0 Å². The summed E-state index contributed by atoms with van der Waals surface area (Å²) in [6, 6.07) is 0. The molecule has 2 unspecified atom stereocenters. The molecule has 0 aromatic carbocycles. The maximum absolute atomic E-state index is 12.3. The third-order valence-electron chi connectivity index (χ3n) is 1.61. The van der Waals surface area contributed by atoms with Crippen LogP contribution in [0, 0.1) is 0 Å². The molecular formula is C6H6F8O2. The van der Waals surface area contributed by atoms with E-state index in [2.05, 4.69) is 4.74 Å². The van der Waals surface area contributed by atoms with E-state index in [9.17, 15) is 35.1 Å². The molecule has 0 aromatic rings. The summed E-state index contributed by atoms with van der Waals surface area (Å²) < 4.78 is 98.7. The second-order valence-electron chi connectivity index (χ2n) is 2.76. The molecule has 0 saturated heterocycles. The number of aliphatic hydroxyl groups excluding tert-OH is 1. The zero-order valence-corrected chi connectivity index (χ0v) is 7.53. The molecule has 2 nitrogen and oxygen atoms in total. The van der Waals surface area contributed by atoms with E-state index in [1.165, 1.54) is 0 Å². The van der Waals surface area contributed by atoms with Gasteiger partial charge in [-0.05, 0) is 0 Å². The van der Waals surface area contributed by atoms with E-state index in [1.807, 2.05) is 0 Å². The second-order valence-corrected chi connectivity index (χ2v) is 2.76. The molecule has 0 amide bonds. The maximum atomic E-state index is 12.3. The Morgan fingerprint density at radius 2 is 1.31 bits per heavy atom. The molecule has 0 fully saturated rings. The first-order chi connectivity index (χ1) is 6.85. The minimum absolute atomic E-state index is 0.258. The van der Waals surface area contributed by atoms with Crippen LogP contribution in [-0.4, -0.2) is 42.7 Å². The van der Waals surface area contributed by atoms with E-state index in [4.69, 9.17) is 5.11 Å². The highest BCUT2D eigenvalue weighted by Crippen LogP contribution is 2.42. The van der Waals surface area contributed by atoms with Crippen molar-refractivity contribution in [2.24, 2.45) is 0 Å². The van der Waals surface area contributed by atoms with Gasteiger partial charge in [-0.2, -0.15) is 35.1 Å². The van der Waals surface area contributed by atoms with E-state index in [0.717, 1.165) is 0 Å². The summed E-state index contributed by atoms with van der Waals surface area (Å²) in [5.74, 6) is -5.91. The van der Waals surface area contributed by atoms with Gasteiger partial charge in [-0.25, -0.2) is 0 Å². The van der Waals surface area contributed by atoms with Crippen LogP contribution in [0.1, 0.15) is 0 Å². The van der Waals surface area contributed by atoms with Crippen molar-refractivity contribution >= 4 is 0 Å². The Hall–Kier alpha value is -0.640. The van der Waals surface area contributed by atoms with Gasteiger partial charge >= 0.3 is 18.3 Å². The van der Waals surface area contributed by atoms with Crippen LogP contribution < -0.4 is 0 Å². The first-order valence-electron chi connectivity index (χ1n) is 3.57. The minimum Gasteiger partial charge on any atom is -0.383 e. The first-order valence-corrected chi connectivity index (χ1v) is 3.57. The lowest BCUT2D eigenvalue weighted by Crippen LogP contribution is -2.57. The molecule has 16 heavy (non-hydrogen) atoms. The number of hydrogen-bond donors (Lipinski definition) is 1. The van der Waals surface area contributed by atoms with Gasteiger partial charge in [0.2, 0.25) is 0 Å². The van der Waals surface area contributed by atoms with Crippen molar-refractivity contribution in [1.82, 2.24) is 0 Å². The Morgan fingerprint density at radius 1 is 0.938 bits per heavy atom. The molecule has 0 aliphatic heterocycles. The largest absolute Gasteiger partial charge is 0.456 e. The van der Waals surface area contributed by atoms with Crippen molar-refractivity contribution in [3.63, 3.8) is 0 Å². The molecular weight excluding hydrogens is 256 g/mol. The lowest BCUT2D eigenvalue weighted by atomic mass is 10.1. The molecule has 2 atom stereocenters. The summed E-state index contributed by atoms with van der Waals surface area (Å²) in [6.07, 6.45) is -19.5. The van der Waals surface area contributed by atoms with Crippen molar-refractivity contribution in [2.45, 2.75) is 30.5 Å². The summed E-state index contributed by atoms with van der Waals surface area (Å²) in [4.78, 5) is 0. The number of aliphatic hydroxyl groups is 1. The summed E-state index contributed by atoms with van der Waals surface area (Å²) in [5.41, 5.74) is 0. The first kappa shape index (κ1) is 15.4. The van der Waals surface area contributed by atoms with Gasteiger partial charge < -0.3 is 9.84 Å². The van der Waals surface area contributed by atoms with Crippen LogP contribution >= 0.6 is 0 Å². The zero-order valence-electron chi connectivity index (χ0n) is 7.53. The Balaban J connectivity index is 5.11. The average molecular weight is 262 g/mol. The molecule has 0 bridgehead atoms. The molecule has 0 heterocycles. The summed E-state index contributed by atoms with van der Waals surface area (Å²) in [7, 11) is 0.258. The Labute approximate surface area is 83.8 Å². The molecule has 98 valence electrons. The number of rotatable bonds is 3. The number of ether oxygens (including phenoxy) is 1. The van der Waals surface area contributed by atoms with Gasteiger partial charge in [0.15, 0.2) is 12.2 Å². The van der Waals surface area contributed by atoms with Gasteiger partial charge in [0.05, 0.1) is 0 Å². The molecule has 1 N–H and O–H groups in total. The average Bonchev–Trinajstić information content (AvgIpc) is 2.00. The van der Waals surface area contributed by atoms with E-state index < -0.39 is 30.5 Å². The molecule has 0 saturated carbocycles. The van der Waals surface area contributed by atoms with Crippen molar-refractivity contribution in [1.29, 1.82) is 0 Å². The van der Waals surface area contributed by atoms with Gasteiger partial charge in [-0.15, -0.1) is 0 Å². The molecule has 0 aliphatic carbocycles. The highest BCUT2D eigenvalue weighted by molar-refractivity contribution is 4.92. The number of methoxy groups -OCH3 is 1. The fraction of sp³-hybridized carbons (Fsp3) is 1.00. The predicted molar refractivity (Wildman–Crippen MR) is 33.9 cm³/mol. The third kappa shape index (κ3) is 2.94. The Morgan fingerprint density at radius 3 is 1.50 bits per heavy atom. The van der Waals surface area contributed by atoms with Crippen LogP contribution in [0.4, 0.5) is 35.1 Å². The van der Waals surface area contributed by atoms with Crippen LogP contribution in [-0.2, 0) is 4.74 Å². The van der Waals surface area contributed by atoms with Gasteiger partial charge in [0, 0.05) is 7.11 Å². The highest BCUT2D eigenvalue weighted by atomic mass is 19.4. The third-order valence-corrected chi connectivity index (χ3v) is 1.61. The summed E-state index contributed by atoms with van der Waals surface area (Å²) in [5, 5.41) is 8.39. The fourth-order valence-electron chi connectivity index (χ4n) is 0.799. The van der Waals surface area contributed by atoms with Crippen molar-refractivity contribution in [3.8, 4) is 0 Å². The van der Waals surface area contributed by atoms with Crippen LogP contribution in [0.3, 0.4) is 0 Å². The van der Waals surface area contributed by atoms with Crippen LogP contribution in [0.2, 0.25) is 0 Å². The summed E-state index contributed by atoms with van der Waals surface area (Å²) in [6.45, 7) is 0. The zero-order chi connectivity index (χ0) is 13.4. The smallest absolute Gasteiger partial charge is 0.383 e. The number of halogens is 8. The lowest BCUT2D eigenvalue weighted by Gasteiger charge is -2.30. The quantitative estimate of drug-likeness (QED) is 0.789. The van der Waals surface area contributed by atoms with E-state index >= 15 is 0 Å². The summed E-state index contributed by atoms with van der Waals surface area (Å²) >= 11 is 0. The maximum Gasteiger partial charge on any atom is 0.456 e.